The highest BCUT2D eigenvalue weighted by Gasteiger charge is 2.12. The van der Waals surface area contributed by atoms with Crippen LogP contribution in [0, 0.1) is 5.92 Å². The highest BCUT2D eigenvalue weighted by molar-refractivity contribution is 7.90. The minimum absolute atomic E-state index is 0.00253. The van der Waals surface area contributed by atoms with Gasteiger partial charge < -0.3 is 9.84 Å². The second kappa shape index (κ2) is 5.18. The Hall–Kier alpha value is -1.56. The lowest BCUT2D eigenvalue weighted by Crippen LogP contribution is -2.18. The van der Waals surface area contributed by atoms with E-state index in [1.165, 1.54) is 19.1 Å². The first-order valence-corrected chi connectivity index (χ1v) is 6.85. The Morgan fingerprint density at radius 3 is 2.65 bits per heavy atom. The third kappa shape index (κ3) is 4.07. The van der Waals surface area contributed by atoms with E-state index < -0.39 is 21.7 Å². The average Bonchev–Trinajstić information content (AvgIpc) is 2.25. The summed E-state index contributed by atoms with van der Waals surface area (Å²) < 4.78 is 27.8. The molecular weight excluding hydrogens is 244 g/mol. The van der Waals surface area contributed by atoms with Crippen LogP contribution in [0.25, 0.3) is 0 Å². The predicted molar refractivity (Wildman–Crippen MR) is 61.8 cm³/mol. The van der Waals surface area contributed by atoms with Crippen molar-refractivity contribution in [3.63, 3.8) is 0 Å². The van der Waals surface area contributed by atoms with Gasteiger partial charge in [0.25, 0.3) is 0 Å². The van der Waals surface area contributed by atoms with Gasteiger partial charge in [-0.15, -0.1) is 0 Å². The normalized spacial score (nSPS) is 13.1. The van der Waals surface area contributed by atoms with E-state index in [4.69, 9.17) is 9.84 Å². The topological polar surface area (TPSA) is 80.7 Å². The molecule has 1 rings (SSSR count). The minimum atomic E-state index is -3.28. The SMILES string of the molecule is CC(COc1cccc(S(C)(=O)=O)c1)C(=O)O. The summed E-state index contributed by atoms with van der Waals surface area (Å²) in [5.41, 5.74) is 0. The number of ether oxygens (including phenoxy) is 1. The van der Waals surface area contributed by atoms with Crippen molar-refractivity contribution in [3.05, 3.63) is 24.3 Å². The van der Waals surface area contributed by atoms with Crippen molar-refractivity contribution in [2.24, 2.45) is 5.92 Å². The second-order valence-electron chi connectivity index (χ2n) is 3.80. The van der Waals surface area contributed by atoms with Crippen LogP contribution in [-0.4, -0.2) is 32.4 Å². The van der Waals surface area contributed by atoms with E-state index >= 15 is 0 Å². The lowest BCUT2D eigenvalue weighted by Gasteiger charge is -2.09. The molecule has 1 unspecified atom stereocenters. The molecule has 0 saturated carbocycles. The van der Waals surface area contributed by atoms with Crippen LogP contribution in [0.2, 0.25) is 0 Å². The van der Waals surface area contributed by atoms with Crippen LogP contribution in [0.1, 0.15) is 6.92 Å². The zero-order valence-corrected chi connectivity index (χ0v) is 10.4. The van der Waals surface area contributed by atoms with E-state index in [1.807, 2.05) is 0 Å². The van der Waals surface area contributed by atoms with Gasteiger partial charge in [-0.05, 0) is 25.1 Å². The second-order valence-corrected chi connectivity index (χ2v) is 5.81. The Kier molecular flexibility index (Phi) is 4.11. The third-order valence-electron chi connectivity index (χ3n) is 2.16. The zero-order chi connectivity index (χ0) is 13.1. The van der Waals surface area contributed by atoms with Gasteiger partial charge in [0.15, 0.2) is 9.84 Å². The highest BCUT2D eigenvalue weighted by atomic mass is 32.2. The Labute approximate surface area is 100.0 Å². The number of rotatable bonds is 5. The maximum Gasteiger partial charge on any atom is 0.309 e. The van der Waals surface area contributed by atoms with Crippen molar-refractivity contribution in [2.75, 3.05) is 12.9 Å². The number of sulfone groups is 1. The third-order valence-corrected chi connectivity index (χ3v) is 3.27. The Bertz CT molecular complexity index is 506. The number of hydrogen-bond acceptors (Lipinski definition) is 4. The molecule has 1 N–H and O–H groups in total. The molecule has 6 heteroatoms. The van der Waals surface area contributed by atoms with Gasteiger partial charge in [-0.3, -0.25) is 4.79 Å². The first kappa shape index (κ1) is 13.5. The summed E-state index contributed by atoms with van der Waals surface area (Å²) in [6.07, 6.45) is 1.10. The van der Waals surface area contributed by atoms with Crippen LogP contribution in [0.4, 0.5) is 0 Å². The molecule has 0 saturated heterocycles. The molecule has 1 aromatic carbocycles. The number of carboxylic acids is 1. The molecule has 0 aromatic heterocycles. The number of carbonyl (C=O) groups is 1. The van der Waals surface area contributed by atoms with Crippen LogP contribution in [0.5, 0.6) is 5.75 Å². The van der Waals surface area contributed by atoms with Crippen molar-refractivity contribution < 1.29 is 23.1 Å². The molecule has 0 aliphatic heterocycles. The molecule has 0 aliphatic carbocycles. The van der Waals surface area contributed by atoms with Gasteiger partial charge in [0.05, 0.1) is 10.8 Å². The van der Waals surface area contributed by atoms with Crippen LogP contribution in [-0.2, 0) is 14.6 Å². The minimum Gasteiger partial charge on any atom is -0.493 e. The molecule has 1 atom stereocenters. The molecule has 0 aliphatic rings. The smallest absolute Gasteiger partial charge is 0.309 e. The molecule has 0 heterocycles. The van der Waals surface area contributed by atoms with Crippen molar-refractivity contribution in [1.82, 2.24) is 0 Å². The summed E-state index contributed by atoms with van der Waals surface area (Å²) in [4.78, 5) is 10.7. The summed E-state index contributed by atoms with van der Waals surface area (Å²) in [6.45, 7) is 1.52. The molecule has 0 radical (unpaired) electrons. The van der Waals surface area contributed by atoms with E-state index in [1.54, 1.807) is 12.1 Å². The van der Waals surface area contributed by atoms with Gasteiger partial charge >= 0.3 is 5.97 Å². The summed E-state index contributed by atoms with van der Waals surface area (Å²) in [5.74, 6) is -1.25. The Balaban J connectivity index is 2.77. The molecule has 0 amide bonds. The van der Waals surface area contributed by atoms with Crippen molar-refractivity contribution in [2.45, 2.75) is 11.8 Å². The Morgan fingerprint density at radius 2 is 2.12 bits per heavy atom. The van der Waals surface area contributed by atoms with Crippen LogP contribution in [0.15, 0.2) is 29.2 Å². The molecule has 94 valence electrons. The van der Waals surface area contributed by atoms with Gasteiger partial charge in [-0.2, -0.15) is 0 Å². The number of aliphatic carboxylic acids is 1. The standard InChI is InChI=1S/C11H14O5S/c1-8(11(12)13)7-16-9-4-3-5-10(6-9)17(2,14)15/h3-6,8H,7H2,1-2H3,(H,12,13). The monoisotopic (exact) mass is 258 g/mol. The number of benzene rings is 1. The molecule has 1 aromatic rings. The molecule has 0 bridgehead atoms. The van der Waals surface area contributed by atoms with Crippen LogP contribution >= 0.6 is 0 Å². The summed E-state index contributed by atoms with van der Waals surface area (Å²) in [6, 6.07) is 5.98. The van der Waals surface area contributed by atoms with E-state index in [-0.39, 0.29) is 11.5 Å². The summed E-state index contributed by atoms with van der Waals surface area (Å²) >= 11 is 0. The van der Waals surface area contributed by atoms with Gasteiger partial charge in [-0.25, -0.2) is 8.42 Å². The van der Waals surface area contributed by atoms with Gasteiger partial charge in [0.2, 0.25) is 0 Å². The molecule has 17 heavy (non-hydrogen) atoms. The van der Waals surface area contributed by atoms with Crippen molar-refractivity contribution >= 4 is 15.8 Å². The van der Waals surface area contributed by atoms with Gasteiger partial charge in [0, 0.05) is 6.26 Å². The van der Waals surface area contributed by atoms with E-state index in [2.05, 4.69) is 0 Å². The maximum atomic E-state index is 11.3. The summed E-state index contributed by atoms with van der Waals surface area (Å²) in [5, 5.41) is 8.67. The first-order chi connectivity index (χ1) is 7.80. The van der Waals surface area contributed by atoms with Crippen LogP contribution in [0.3, 0.4) is 0 Å². The first-order valence-electron chi connectivity index (χ1n) is 4.96. The zero-order valence-electron chi connectivity index (χ0n) is 9.58. The highest BCUT2D eigenvalue weighted by Crippen LogP contribution is 2.17. The van der Waals surface area contributed by atoms with Crippen molar-refractivity contribution in [3.8, 4) is 5.75 Å². The van der Waals surface area contributed by atoms with Gasteiger partial charge in [-0.1, -0.05) is 6.07 Å². The average molecular weight is 258 g/mol. The fourth-order valence-corrected chi connectivity index (χ4v) is 1.74. The van der Waals surface area contributed by atoms with E-state index in [0.717, 1.165) is 6.26 Å². The van der Waals surface area contributed by atoms with E-state index in [0.29, 0.717) is 5.75 Å². The summed E-state index contributed by atoms with van der Waals surface area (Å²) in [7, 11) is -3.28. The maximum absolute atomic E-state index is 11.3. The molecule has 0 spiro atoms. The molecular formula is C11H14O5S. The predicted octanol–water partition coefficient (Wildman–Crippen LogP) is 1.19. The largest absolute Gasteiger partial charge is 0.493 e. The Morgan fingerprint density at radius 1 is 1.47 bits per heavy atom. The van der Waals surface area contributed by atoms with Gasteiger partial charge in [0.1, 0.15) is 12.4 Å². The van der Waals surface area contributed by atoms with Crippen molar-refractivity contribution in [1.29, 1.82) is 0 Å². The fraction of sp³-hybridized carbons (Fsp3) is 0.364. The quantitative estimate of drug-likeness (QED) is 0.858. The molecule has 5 nitrogen and oxygen atoms in total. The lowest BCUT2D eigenvalue weighted by molar-refractivity contribution is -0.142. The number of carboxylic acid groups (broad SMARTS) is 1. The lowest BCUT2D eigenvalue weighted by atomic mass is 10.2. The molecule has 0 fully saturated rings. The van der Waals surface area contributed by atoms with Crippen LogP contribution < -0.4 is 4.74 Å². The number of hydrogen-bond donors (Lipinski definition) is 1. The fourth-order valence-electron chi connectivity index (χ4n) is 1.09. The van der Waals surface area contributed by atoms with E-state index in [9.17, 15) is 13.2 Å².